The summed E-state index contributed by atoms with van der Waals surface area (Å²) < 4.78 is 16.1. The number of aliphatic hydroxyl groups excluding tert-OH is 1. The molecule has 0 bridgehead atoms. The molecule has 9 heteroatoms. The van der Waals surface area contributed by atoms with E-state index in [4.69, 9.17) is 14.2 Å². The van der Waals surface area contributed by atoms with Crippen LogP contribution in [0.3, 0.4) is 0 Å². The molecular weight excluding hydrogens is 440 g/mol. The Labute approximate surface area is 198 Å². The second kappa shape index (κ2) is 10.5. The topological polar surface area (TPSA) is 109 Å². The molecule has 2 aromatic rings. The molecule has 1 atom stereocenters. The number of hydrogen-bond donors (Lipinski definition) is 2. The fourth-order valence-corrected chi connectivity index (χ4v) is 4.10. The lowest BCUT2D eigenvalue weighted by Crippen LogP contribution is -2.32. The van der Waals surface area contributed by atoms with Gasteiger partial charge in [0.15, 0.2) is 11.5 Å². The first-order valence-electron chi connectivity index (χ1n) is 10.8. The van der Waals surface area contributed by atoms with Crippen molar-refractivity contribution in [1.29, 1.82) is 0 Å². The molecule has 0 saturated carbocycles. The number of hydrogen-bond acceptors (Lipinski definition) is 8. The van der Waals surface area contributed by atoms with Gasteiger partial charge in [0.25, 0.3) is 11.7 Å². The standard InChI is InChI=1S/C25H30N2O7/c1-26(2)12-7-13-27-21(17-8-6-9-19(33-4)24(17)34-5)20(23(30)25(27)31)22(29)16-11-10-15(32-3)14-18(16)28/h6,8-11,14,21,28-29H,7,12-13H2,1-5H3/b22-20+. The summed E-state index contributed by atoms with van der Waals surface area (Å²) in [6.07, 6.45) is 0.608. The highest BCUT2D eigenvalue weighted by atomic mass is 16.5. The van der Waals surface area contributed by atoms with Crippen LogP contribution in [0.25, 0.3) is 5.76 Å². The molecule has 1 aliphatic rings. The highest BCUT2D eigenvalue weighted by Gasteiger charge is 2.47. The van der Waals surface area contributed by atoms with Gasteiger partial charge in [-0.2, -0.15) is 0 Å². The third-order valence-corrected chi connectivity index (χ3v) is 5.73. The van der Waals surface area contributed by atoms with E-state index in [0.29, 0.717) is 35.8 Å². The Bertz CT molecular complexity index is 1110. The van der Waals surface area contributed by atoms with E-state index in [1.165, 1.54) is 38.4 Å². The fraction of sp³-hybridized carbons (Fsp3) is 0.360. The molecule has 3 rings (SSSR count). The molecule has 182 valence electrons. The van der Waals surface area contributed by atoms with Crippen LogP contribution in [-0.2, 0) is 9.59 Å². The molecule has 0 spiro atoms. The Balaban J connectivity index is 2.22. The molecule has 0 aliphatic carbocycles. The number of phenolic OH excluding ortho intramolecular Hbond substituents is 1. The third-order valence-electron chi connectivity index (χ3n) is 5.73. The van der Waals surface area contributed by atoms with Crippen LogP contribution < -0.4 is 14.2 Å². The van der Waals surface area contributed by atoms with Crippen LogP contribution in [0.15, 0.2) is 42.0 Å². The quantitative estimate of drug-likeness (QED) is 0.327. The number of aliphatic hydroxyl groups is 1. The number of amides is 1. The Morgan fingerprint density at radius 1 is 1.06 bits per heavy atom. The van der Waals surface area contributed by atoms with E-state index in [1.807, 2.05) is 19.0 Å². The number of carbonyl (C=O) groups is 2. The summed E-state index contributed by atoms with van der Waals surface area (Å²) >= 11 is 0. The zero-order chi connectivity index (χ0) is 25.0. The number of phenols is 1. The predicted octanol–water partition coefficient (Wildman–Crippen LogP) is 2.79. The van der Waals surface area contributed by atoms with E-state index in [9.17, 15) is 19.8 Å². The molecule has 0 aromatic heterocycles. The number of carbonyl (C=O) groups excluding carboxylic acids is 2. The number of likely N-dealkylation sites (tertiary alicyclic amines) is 1. The first kappa shape index (κ1) is 24.9. The number of aromatic hydroxyl groups is 1. The molecule has 2 aromatic carbocycles. The minimum Gasteiger partial charge on any atom is -0.507 e. The third kappa shape index (κ3) is 4.65. The molecule has 34 heavy (non-hydrogen) atoms. The second-order valence-corrected chi connectivity index (χ2v) is 8.12. The van der Waals surface area contributed by atoms with Gasteiger partial charge in [-0.25, -0.2) is 0 Å². The molecule has 1 unspecified atom stereocenters. The summed E-state index contributed by atoms with van der Waals surface area (Å²) in [6, 6.07) is 8.51. The molecule has 1 saturated heterocycles. The van der Waals surface area contributed by atoms with Gasteiger partial charge >= 0.3 is 0 Å². The van der Waals surface area contributed by atoms with Crippen molar-refractivity contribution in [2.24, 2.45) is 0 Å². The molecule has 1 fully saturated rings. The average Bonchev–Trinajstić information content (AvgIpc) is 3.07. The number of rotatable bonds is 9. The second-order valence-electron chi connectivity index (χ2n) is 8.12. The van der Waals surface area contributed by atoms with Crippen molar-refractivity contribution in [1.82, 2.24) is 9.80 Å². The number of ether oxygens (including phenoxy) is 3. The van der Waals surface area contributed by atoms with E-state index in [0.717, 1.165) is 0 Å². The normalized spacial score (nSPS) is 17.4. The molecule has 9 nitrogen and oxygen atoms in total. The summed E-state index contributed by atoms with van der Waals surface area (Å²) in [6.45, 7) is 0.976. The number of Topliss-reactive ketones (excluding diaryl/α,β-unsaturated/α-hetero) is 1. The van der Waals surface area contributed by atoms with E-state index in [2.05, 4.69) is 0 Å². The molecule has 1 heterocycles. The smallest absolute Gasteiger partial charge is 0.295 e. The molecule has 2 N–H and O–H groups in total. The van der Waals surface area contributed by atoms with E-state index in [1.54, 1.807) is 24.3 Å². The van der Waals surface area contributed by atoms with Gasteiger partial charge < -0.3 is 34.2 Å². The van der Waals surface area contributed by atoms with Gasteiger partial charge in [-0.15, -0.1) is 0 Å². The lowest BCUT2D eigenvalue weighted by Gasteiger charge is -2.27. The fourth-order valence-electron chi connectivity index (χ4n) is 4.10. The van der Waals surface area contributed by atoms with Crippen molar-refractivity contribution in [2.45, 2.75) is 12.5 Å². The SMILES string of the molecule is COc1ccc(/C(O)=C2\C(=O)C(=O)N(CCCN(C)C)C2c2cccc(OC)c2OC)c(O)c1. The highest BCUT2D eigenvalue weighted by molar-refractivity contribution is 6.46. The first-order chi connectivity index (χ1) is 16.2. The van der Waals surface area contributed by atoms with Crippen molar-refractivity contribution >= 4 is 17.4 Å². The summed E-state index contributed by atoms with van der Waals surface area (Å²) in [5.41, 5.74) is 0.362. The number of nitrogens with zero attached hydrogens (tertiary/aromatic N) is 2. The van der Waals surface area contributed by atoms with Crippen molar-refractivity contribution in [3.63, 3.8) is 0 Å². The minimum absolute atomic E-state index is 0.0129. The van der Waals surface area contributed by atoms with Crippen molar-refractivity contribution in [3.05, 3.63) is 53.1 Å². The van der Waals surface area contributed by atoms with Crippen LogP contribution in [0, 0.1) is 0 Å². The van der Waals surface area contributed by atoms with Crippen LogP contribution >= 0.6 is 0 Å². The number of ketones is 1. The van der Waals surface area contributed by atoms with Crippen LogP contribution in [0.1, 0.15) is 23.6 Å². The minimum atomic E-state index is -0.936. The Morgan fingerprint density at radius 2 is 1.79 bits per heavy atom. The van der Waals surface area contributed by atoms with Gasteiger partial charge in [-0.05, 0) is 45.3 Å². The Hall–Kier alpha value is -3.72. The predicted molar refractivity (Wildman–Crippen MR) is 126 cm³/mol. The molecule has 1 aliphatic heterocycles. The number of para-hydroxylation sites is 1. The van der Waals surface area contributed by atoms with E-state index in [-0.39, 0.29) is 23.4 Å². The zero-order valence-electron chi connectivity index (χ0n) is 20.0. The van der Waals surface area contributed by atoms with Crippen molar-refractivity contribution in [2.75, 3.05) is 48.5 Å². The zero-order valence-corrected chi connectivity index (χ0v) is 20.0. The van der Waals surface area contributed by atoms with Gasteiger partial charge in [-0.1, -0.05) is 12.1 Å². The summed E-state index contributed by atoms with van der Waals surface area (Å²) in [7, 11) is 8.24. The highest BCUT2D eigenvalue weighted by Crippen LogP contribution is 2.46. The largest absolute Gasteiger partial charge is 0.507 e. The molecular formula is C25H30N2O7. The molecule has 1 amide bonds. The summed E-state index contributed by atoms with van der Waals surface area (Å²) in [4.78, 5) is 29.7. The van der Waals surface area contributed by atoms with Crippen LogP contribution in [0.2, 0.25) is 0 Å². The van der Waals surface area contributed by atoms with E-state index < -0.39 is 23.5 Å². The molecule has 0 radical (unpaired) electrons. The van der Waals surface area contributed by atoms with Crippen LogP contribution in [0.4, 0.5) is 0 Å². The number of benzene rings is 2. The average molecular weight is 471 g/mol. The van der Waals surface area contributed by atoms with Gasteiger partial charge in [0, 0.05) is 18.2 Å². The lowest BCUT2D eigenvalue weighted by atomic mass is 9.94. The van der Waals surface area contributed by atoms with Crippen LogP contribution in [0.5, 0.6) is 23.0 Å². The van der Waals surface area contributed by atoms with Gasteiger partial charge in [0.1, 0.15) is 17.3 Å². The monoisotopic (exact) mass is 470 g/mol. The van der Waals surface area contributed by atoms with Crippen molar-refractivity contribution in [3.8, 4) is 23.0 Å². The summed E-state index contributed by atoms with van der Waals surface area (Å²) in [5, 5.41) is 21.7. The maximum atomic E-state index is 13.2. The first-order valence-corrected chi connectivity index (χ1v) is 10.8. The van der Waals surface area contributed by atoms with Crippen LogP contribution in [-0.4, -0.2) is 80.2 Å². The van der Waals surface area contributed by atoms with Crippen molar-refractivity contribution < 1.29 is 34.0 Å². The van der Waals surface area contributed by atoms with Gasteiger partial charge in [0.2, 0.25) is 0 Å². The Morgan fingerprint density at radius 3 is 2.38 bits per heavy atom. The summed E-state index contributed by atoms with van der Waals surface area (Å²) in [5.74, 6) is -1.19. The van der Waals surface area contributed by atoms with E-state index >= 15 is 0 Å². The van der Waals surface area contributed by atoms with Gasteiger partial charge in [-0.3, -0.25) is 9.59 Å². The maximum absolute atomic E-state index is 13.2. The maximum Gasteiger partial charge on any atom is 0.295 e. The van der Waals surface area contributed by atoms with Gasteiger partial charge in [0.05, 0.1) is 38.5 Å². The number of methoxy groups -OCH3 is 3. The Kier molecular flexibility index (Phi) is 7.68. The lowest BCUT2D eigenvalue weighted by molar-refractivity contribution is -0.140.